The zero-order valence-corrected chi connectivity index (χ0v) is 9.88. The standard InChI is InChI=1S/C16H13NO/c1-18-16-11-15(12-7-3-2-4-8-12)17-14-10-6-5-9-13(14)16/h2-11,18H,1H2. The van der Waals surface area contributed by atoms with Gasteiger partial charge in [0.15, 0.2) is 0 Å². The van der Waals surface area contributed by atoms with Crippen molar-refractivity contribution in [3.8, 4) is 17.0 Å². The molecule has 3 rings (SSSR count). The number of nitrogens with zero attached hydrogens (tertiary/aromatic N) is 1. The average molecular weight is 235 g/mol. The summed E-state index contributed by atoms with van der Waals surface area (Å²) in [6, 6.07) is 20.1. The zero-order chi connectivity index (χ0) is 12.4. The van der Waals surface area contributed by atoms with Crippen molar-refractivity contribution in [1.82, 2.24) is 4.98 Å². The molecular weight excluding hydrogens is 222 g/mol. The molecule has 0 radical (unpaired) electrons. The summed E-state index contributed by atoms with van der Waals surface area (Å²) in [5.41, 5.74) is 2.96. The second kappa shape index (κ2) is 4.49. The summed E-state index contributed by atoms with van der Waals surface area (Å²) in [6.07, 6.45) is 0. The minimum atomic E-state index is 0.874. The van der Waals surface area contributed by atoms with Crippen molar-refractivity contribution >= 4 is 10.9 Å². The number of pyridine rings is 1. The Balaban J connectivity index is 2.26. The third-order valence-corrected chi connectivity index (χ3v) is 2.93. The molecule has 0 saturated heterocycles. The van der Waals surface area contributed by atoms with E-state index in [1.807, 2.05) is 60.7 Å². The van der Waals surface area contributed by atoms with Crippen molar-refractivity contribution < 1.29 is 4.74 Å². The molecule has 1 aromatic heterocycles. The van der Waals surface area contributed by atoms with E-state index < -0.39 is 0 Å². The van der Waals surface area contributed by atoms with Gasteiger partial charge in [-0.2, -0.15) is 0 Å². The first-order valence-corrected chi connectivity index (χ1v) is 5.80. The van der Waals surface area contributed by atoms with Crippen molar-refractivity contribution in [3.05, 3.63) is 67.8 Å². The second-order valence-corrected chi connectivity index (χ2v) is 4.07. The van der Waals surface area contributed by atoms with E-state index >= 15 is 0 Å². The van der Waals surface area contributed by atoms with Crippen molar-refractivity contribution in [2.45, 2.75) is 0 Å². The highest BCUT2D eigenvalue weighted by Gasteiger charge is 2.08. The van der Waals surface area contributed by atoms with Gasteiger partial charge in [0.05, 0.1) is 22.7 Å². The Morgan fingerprint density at radius 3 is 2.39 bits per heavy atom. The molecule has 88 valence electrons. The highest BCUT2D eigenvalue weighted by molar-refractivity contribution is 5.87. The molecule has 2 nitrogen and oxygen atoms in total. The number of para-hydroxylation sites is 1. The maximum Gasteiger partial charge on any atom is 0.237 e. The van der Waals surface area contributed by atoms with E-state index in [1.54, 1.807) is 0 Å². The molecule has 18 heavy (non-hydrogen) atoms. The van der Waals surface area contributed by atoms with Gasteiger partial charge >= 0.3 is 0 Å². The lowest BCUT2D eigenvalue weighted by atomic mass is 10.1. The SMILES string of the molecule is [CH2-][OH+]c1cc(-c2ccccc2)nc2ccccc12. The molecule has 0 fully saturated rings. The molecule has 0 spiro atoms. The normalized spacial score (nSPS) is 10.5. The summed E-state index contributed by atoms with van der Waals surface area (Å²) in [4.78, 5) is 4.67. The van der Waals surface area contributed by atoms with E-state index in [4.69, 9.17) is 0 Å². The average Bonchev–Trinajstić information content (AvgIpc) is 2.47. The van der Waals surface area contributed by atoms with E-state index in [9.17, 15) is 0 Å². The van der Waals surface area contributed by atoms with Gasteiger partial charge in [-0.05, 0) is 19.2 Å². The van der Waals surface area contributed by atoms with Crippen molar-refractivity contribution in [1.29, 1.82) is 0 Å². The second-order valence-electron chi connectivity index (χ2n) is 4.07. The summed E-state index contributed by atoms with van der Waals surface area (Å²) in [7, 11) is 3.64. The maximum absolute atomic E-state index is 4.67. The molecule has 1 heterocycles. The Kier molecular flexibility index (Phi) is 2.69. The van der Waals surface area contributed by atoms with Crippen molar-refractivity contribution in [2.75, 3.05) is 0 Å². The molecule has 0 bridgehead atoms. The molecule has 0 aliphatic heterocycles. The van der Waals surface area contributed by atoms with Gasteiger partial charge < -0.3 is 4.74 Å². The predicted octanol–water partition coefficient (Wildman–Crippen LogP) is 3.93. The molecule has 0 saturated carbocycles. The fourth-order valence-corrected chi connectivity index (χ4v) is 2.04. The van der Waals surface area contributed by atoms with Crippen LogP contribution in [-0.4, -0.2) is 9.72 Å². The first kappa shape index (κ1) is 10.8. The third-order valence-electron chi connectivity index (χ3n) is 2.93. The predicted molar refractivity (Wildman–Crippen MR) is 74.2 cm³/mol. The highest BCUT2D eigenvalue weighted by atomic mass is 16.5. The van der Waals surface area contributed by atoms with E-state index in [0.29, 0.717) is 0 Å². The van der Waals surface area contributed by atoms with E-state index in [0.717, 1.165) is 27.9 Å². The molecule has 0 amide bonds. The Hall–Kier alpha value is -2.35. The zero-order valence-electron chi connectivity index (χ0n) is 9.88. The van der Waals surface area contributed by atoms with Crippen LogP contribution in [0.5, 0.6) is 5.75 Å². The number of aromatic nitrogens is 1. The van der Waals surface area contributed by atoms with Crippen LogP contribution in [0.4, 0.5) is 0 Å². The molecule has 0 unspecified atom stereocenters. The third kappa shape index (κ3) is 1.82. The number of benzene rings is 2. The minimum Gasteiger partial charge on any atom is -0.721 e. The number of aromatic hydroxyl groups is 1. The van der Waals surface area contributed by atoms with Crippen LogP contribution in [0.2, 0.25) is 0 Å². The monoisotopic (exact) mass is 235 g/mol. The number of hydrogen-bond donors (Lipinski definition) is 0. The van der Waals surface area contributed by atoms with Crippen LogP contribution in [0.1, 0.15) is 0 Å². The van der Waals surface area contributed by atoms with Crippen molar-refractivity contribution in [2.24, 2.45) is 0 Å². The smallest absolute Gasteiger partial charge is 0.237 e. The van der Waals surface area contributed by atoms with E-state index in [-0.39, 0.29) is 0 Å². The quantitative estimate of drug-likeness (QED) is 0.488. The van der Waals surface area contributed by atoms with Gasteiger partial charge in [-0.3, -0.25) is 0 Å². The Labute approximate surface area is 106 Å². The molecular formula is C16H13NO. The van der Waals surface area contributed by atoms with Crippen LogP contribution in [-0.2, 0) is 0 Å². The summed E-state index contributed by atoms with van der Waals surface area (Å²) >= 11 is 0. The van der Waals surface area contributed by atoms with Gasteiger partial charge in [0.25, 0.3) is 0 Å². The van der Waals surface area contributed by atoms with Gasteiger partial charge in [0.1, 0.15) is 0 Å². The van der Waals surface area contributed by atoms with Crippen LogP contribution < -0.4 is 0 Å². The Bertz CT molecular complexity index is 677. The van der Waals surface area contributed by atoms with Crippen LogP contribution in [0, 0.1) is 7.11 Å². The molecule has 0 aliphatic carbocycles. The minimum absolute atomic E-state index is 0.874. The number of ether oxygens (including phenoxy) is 1. The molecule has 3 aromatic rings. The molecule has 1 N–H and O–H groups in total. The van der Waals surface area contributed by atoms with E-state index in [1.165, 1.54) is 0 Å². The van der Waals surface area contributed by atoms with Gasteiger partial charge in [-0.25, -0.2) is 4.98 Å². The summed E-state index contributed by atoms with van der Waals surface area (Å²) < 4.78 is 4.09. The van der Waals surface area contributed by atoms with Crippen molar-refractivity contribution in [3.63, 3.8) is 0 Å². The summed E-state index contributed by atoms with van der Waals surface area (Å²) in [5.74, 6) is 0.874. The van der Waals surface area contributed by atoms with Crippen LogP contribution in [0.3, 0.4) is 0 Å². The molecule has 0 atom stereocenters. The number of hydrogen-bond acceptors (Lipinski definition) is 1. The van der Waals surface area contributed by atoms with Crippen LogP contribution >= 0.6 is 0 Å². The van der Waals surface area contributed by atoms with E-state index in [2.05, 4.69) is 16.8 Å². The fraction of sp³-hybridized carbons (Fsp3) is 0. The lowest BCUT2D eigenvalue weighted by Crippen LogP contribution is -1.88. The van der Waals surface area contributed by atoms with Gasteiger partial charge in [0, 0.05) is 5.56 Å². The first-order valence-electron chi connectivity index (χ1n) is 5.80. The number of rotatable bonds is 2. The molecule has 2 heteroatoms. The largest absolute Gasteiger partial charge is 0.721 e. The fourth-order valence-electron chi connectivity index (χ4n) is 2.04. The molecule has 2 aromatic carbocycles. The number of aliphatic hydroxyl groups is 1. The topological polar surface area (TPSA) is 25.7 Å². The first-order chi connectivity index (χ1) is 8.88. The Morgan fingerprint density at radius 1 is 0.889 bits per heavy atom. The lowest BCUT2D eigenvalue weighted by molar-refractivity contribution is 0.190. The highest BCUT2D eigenvalue weighted by Crippen LogP contribution is 2.30. The molecule has 0 aliphatic rings. The van der Waals surface area contributed by atoms with Crippen LogP contribution in [0.25, 0.3) is 22.2 Å². The Morgan fingerprint density at radius 2 is 1.61 bits per heavy atom. The van der Waals surface area contributed by atoms with Gasteiger partial charge in [-0.1, -0.05) is 42.5 Å². The maximum atomic E-state index is 4.67. The number of fused-ring (bicyclic) bond motifs is 1. The van der Waals surface area contributed by atoms with Gasteiger partial charge in [-0.15, -0.1) is 0 Å². The van der Waals surface area contributed by atoms with Gasteiger partial charge in [0.2, 0.25) is 5.75 Å². The van der Waals surface area contributed by atoms with Crippen LogP contribution in [0.15, 0.2) is 60.7 Å². The summed E-state index contributed by atoms with van der Waals surface area (Å²) in [6.45, 7) is 0. The summed E-state index contributed by atoms with van der Waals surface area (Å²) in [5, 5.41) is 1.03. The lowest BCUT2D eigenvalue weighted by Gasteiger charge is -2.09.